The molecule has 0 aliphatic carbocycles. The second kappa shape index (κ2) is 9.89. The fourth-order valence-corrected chi connectivity index (χ4v) is 3.76. The van der Waals surface area contributed by atoms with Gasteiger partial charge in [0.2, 0.25) is 0 Å². The second-order valence-electron chi connectivity index (χ2n) is 7.25. The zero-order valence-electron chi connectivity index (χ0n) is 16.7. The molecule has 2 heterocycles. The third kappa shape index (κ3) is 5.08. The second-order valence-corrected chi connectivity index (χ2v) is 7.69. The molecule has 0 radical (unpaired) electrons. The highest BCUT2D eigenvalue weighted by Gasteiger charge is 2.13. The van der Waals surface area contributed by atoms with E-state index in [1.54, 1.807) is 6.20 Å². The van der Waals surface area contributed by atoms with E-state index in [9.17, 15) is 4.79 Å². The first-order valence-electron chi connectivity index (χ1n) is 10.2. The summed E-state index contributed by atoms with van der Waals surface area (Å²) >= 11 is 6.17. The average molecular weight is 425 g/mol. The molecule has 7 heteroatoms. The van der Waals surface area contributed by atoms with Crippen LogP contribution in [0.2, 0.25) is 5.02 Å². The monoisotopic (exact) mass is 424 g/mol. The molecule has 0 bridgehead atoms. The molecule has 2 aromatic carbocycles. The van der Waals surface area contributed by atoms with E-state index in [4.69, 9.17) is 16.3 Å². The lowest BCUT2D eigenvalue weighted by Crippen LogP contribution is -2.38. The van der Waals surface area contributed by atoms with Crippen molar-refractivity contribution in [1.29, 1.82) is 0 Å². The Balaban J connectivity index is 1.42. The van der Waals surface area contributed by atoms with Gasteiger partial charge in [-0.05, 0) is 49.4 Å². The van der Waals surface area contributed by atoms with Gasteiger partial charge < -0.3 is 15.4 Å². The van der Waals surface area contributed by atoms with Gasteiger partial charge in [0.05, 0.1) is 30.0 Å². The summed E-state index contributed by atoms with van der Waals surface area (Å²) in [5.41, 5.74) is 3.05. The maximum atomic E-state index is 12.8. The number of benzene rings is 2. The lowest BCUT2D eigenvalue weighted by atomic mass is 10.1. The van der Waals surface area contributed by atoms with Crippen molar-refractivity contribution in [2.45, 2.75) is 6.42 Å². The van der Waals surface area contributed by atoms with Gasteiger partial charge >= 0.3 is 0 Å². The number of nitrogens with one attached hydrogen (secondary N) is 2. The number of ether oxygens (including phenoxy) is 1. The number of carbonyl (C=O) groups is 1. The van der Waals surface area contributed by atoms with Gasteiger partial charge in [0.1, 0.15) is 0 Å². The van der Waals surface area contributed by atoms with Crippen LogP contribution >= 0.6 is 11.6 Å². The largest absolute Gasteiger partial charge is 0.379 e. The van der Waals surface area contributed by atoms with E-state index in [1.165, 1.54) is 0 Å². The molecule has 1 saturated heterocycles. The van der Waals surface area contributed by atoms with Crippen LogP contribution in [-0.4, -0.2) is 55.2 Å². The van der Waals surface area contributed by atoms with E-state index >= 15 is 0 Å². The molecule has 2 N–H and O–H groups in total. The van der Waals surface area contributed by atoms with Crippen molar-refractivity contribution in [3.63, 3.8) is 0 Å². The molecule has 6 nitrogen and oxygen atoms in total. The average Bonchev–Trinajstić information content (AvgIpc) is 2.78. The van der Waals surface area contributed by atoms with Crippen LogP contribution < -0.4 is 10.6 Å². The van der Waals surface area contributed by atoms with Crippen LogP contribution in [0.4, 0.5) is 11.4 Å². The lowest BCUT2D eigenvalue weighted by Gasteiger charge is -2.26. The number of morpholine rings is 1. The van der Waals surface area contributed by atoms with Crippen LogP contribution in [0.5, 0.6) is 0 Å². The number of pyridine rings is 1. The molecule has 1 aliphatic heterocycles. The number of aromatic nitrogens is 1. The first-order chi connectivity index (χ1) is 14.7. The minimum atomic E-state index is -0.0866. The van der Waals surface area contributed by atoms with Crippen molar-refractivity contribution in [2.75, 3.05) is 44.7 Å². The van der Waals surface area contributed by atoms with Crippen molar-refractivity contribution in [1.82, 2.24) is 15.2 Å². The molecule has 1 amide bonds. The van der Waals surface area contributed by atoms with Gasteiger partial charge in [0.15, 0.2) is 0 Å². The molecule has 4 rings (SSSR count). The van der Waals surface area contributed by atoms with E-state index < -0.39 is 0 Å². The van der Waals surface area contributed by atoms with Gasteiger partial charge in [-0.15, -0.1) is 0 Å². The van der Waals surface area contributed by atoms with E-state index in [1.807, 2.05) is 48.5 Å². The molecule has 1 fully saturated rings. The molecule has 1 aliphatic rings. The molecule has 0 saturated carbocycles. The summed E-state index contributed by atoms with van der Waals surface area (Å²) in [6.07, 6.45) is 2.65. The number of fused-ring (bicyclic) bond motifs is 1. The van der Waals surface area contributed by atoms with Crippen LogP contribution in [0.25, 0.3) is 10.9 Å². The number of anilines is 2. The first kappa shape index (κ1) is 20.6. The molecule has 1 aromatic heterocycles. The van der Waals surface area contributed by atoms with Crippen LogP contribution in [0.1, 0.15) is 16.8 Å². The smallest absolute Gasteiger partial charge is 0.253 e. The molecule has 0 atom stereocenters. The lowest BCUT2D eigenvalue weighted by molar-refractivity contribution is 0.0374. The first-order valence-corrected chi connectivity index (χ1v) is 10.6. The predicted octanol–water partition coefficient (Wildman–Crippen LogP) is 4.08. The van der Waals surface area contributed by atoms with Gasteiger partial charge in [0, 0.05) is 41.9 Å². The normalized spacial score (nSPS) is 14.6. The Bertz CT molecular complexity index is 1020. The van der Waals surface area contributed by atoms with Gasteiger partial charge in [-0.2, -0.15) is 0 Å². The fraction of sp³-hybridized carbons (Fsp3) is 0.304. The highest BCUT2D eigenvalue weighted by Crippen LogP contribution is 2.28. The van der Waals surface area contributed by atoms with Gasteiger partial charge in [-0.3, -0.25) is 14.7 Å². The number of halogens is 1. The molecule has 0 unspecified atom stereocenters. The summed E-state index contributed by atoms with van der Waals surface area (Å²) in [4.78, 5) is 19.6. The Morgan fingerprint density at radius 3 is 2.80 bits per heavy atom. The van der Waals surface area contributed by atoms with Crippen molar-refractivity contribution < 1.29 is 9.53 Å². The Hall–Kier alpha value is -2.67. The van der Waals surface area contributed by atoms with Crippen LogP contribution in [0.15, 0.2) is 54.7 Å². The van der Waals surface area contributed by atoms with Crippen LogP contribution in [-0.2, 0) is 4.74 Å². The van der Waals surface area contributed by atoms with Crippen LogP contribution in [0.3, 0.4) is 0 Å². The summed E-state index contributed by atoms with van der Waals surface area (Å²) in [5.74, 6) is -0.0866. The number of nitrogens with zero attached hydrogens (tertiary/aromatic N) is 2. The third-order valence-corrected chi connectivity index (χ3v) is 5.42. The van der Waals surface area contributed by atoms with Crippen molar-refractivity contribution in [3.05, 3.63) is 65.3 Å². The van der Waals surface area contributed by atoms with Gasteiger partial charge in [0.25, 0.3) is 5.91 Å². The molecule has 0 spiro atoms. The summed E-state index contributed by atoms with van der Waals surface area (Å²) < 4.78 is 5.37. The number of amides is 1. The van der Waals surface area contributed by atoms with Gasteiger partial charge in [-0.25, -0.2) is 0 Å². The molecule has 30 heavy (non-hydrogen) atoms. The zero-order chi connectivity index (χ0) is 20.8. The Morgan fingerprint density at radius 2 is 1.93 bits per heavy atom. The highest BCUT2D eigenvalue weighted by atomic mass is 35.5. The number of para-hydroxylation sites is 1. The Labute approximate surface area is 181 Å². The maximum Gasteiger partial charge on any atom is 0.253 e. The molecule has 156 valence electrons. The number of carbonyl (C=O) groups excluding carboxylic acids is 1. The SMILES string of the molecule is O=C(NCCCN1CCOCC1)c1ccccc1Nc1ccnc2ccc(Cl)cc12. The predicted molar refractivity (Wildman–Crippen MR) is 121 cm³/mol. The number of rotatable bonds is 7. The standard InChI is InChI=1S/C23H25ClN4O2/c24-17-6-7-20-19(16-17)22(8-10-25-20)27-21-5-2-1-4-18(21)23(29)26-9-3-11-28-12-14-30-15-13-28/h1-2,4-8,10,16H,3,9,11-15H2,(H,25,27)(H,26,29). The topological polar surface area (TPSA) is 66.5 Å². The molecular formula is C23H25ClN4O2. The Kier molecular flexibility index (Phi) is 6.79. The highest BCUT2D eigenvalue weighted by molar-refractivity contribution is 6.31. The third-order valence-electron chi connectivity index (χ3n) is 5.19. The Morgan fingerprint density at radius 1 is 1.10 bits per heavy atom. The number of hydrogen-bond donors (Lipinski definition) is 2. The van der Waals surface area contributed by atoms with E-state index in [-0.39, 0.29) is 5.91 Å². The van der Waals surface area contributed by atoms with E-state index in [0.29, 0.717) is 17.1 Å². The molecule has 3 aromatic rings. The quantitative estimate of drug-likeness (QED) is 0.559. The molecular weight excluding hydrogens is 400 g/mol. The summed E-state index contributed by atoms with van der Waals surface area (Å²) in [7, 11) is 0. The number of hydrogen-bond acceptors (Lipinski definition) is 5. The minimum absolute atomic E-state index is 0.0866. The van der Waals surface area contributed by atoms with E-state index in [2.05, 4.69) is 20.5 Å². The van der Waals surface area contributed by atoms with Crippen molar-refractivity contribution >= 4 is 39.8 Å². The summed E-state index contributed by atoms with van der Waals surface area (Å²) in [6, 6.07) is 15.0. The zero-order valence-corrected chi connectivity index (χ0v) is 17.5. The summed E-state index contributed by atoms with van der Waals surface area (Å²) in [6.45, 7) is 5.11. The van der Waals surface area contributed by atoms with Crippen LogP contribution in [0, 0.1) is 0 Å². The van der Waals surface area contributed by atoms with E-state index in [0.717, 1.165) is 61.5 Å². The maximum absolute atomic E-state index is 12.8. The van der Waals surface area contributed by atoms with Crippen molar-refractivity contribution in [2.24, 2.45) is 0 Å². The van der Waals surface area contributed by atoms with Crippen molar-refractivity contribution in [3.8, 4) is 0 Å². The summed E-state index contributed by atoms with van der Waals surface area (Å²) in [5, 5.41) is 7.98. The minimum Gasteiger partial charge on any atom is -0.379 e. The van der Waals surface area contributed by atoms with Gasteiger partial charge in [-0.1, -0.05) is 23.7 Å². The fourth-order valence-electron chi connectivity index (χ4n) is 3.59.